The molecule has 1 N–H and O–H groups in total. The van der Waals surface area contributed by atoms with Crippen LogP contribution in [-0.2, 0) is 4.74 Å². The third-order valence-electron chi connectivity index (χ3n) is 3.09. The zero-order valence-electron chi connectivity index (χ0n) is 12.5. The maximum absolute atomic E-state index is 5.73. The Hall–Kier alpha value is -1.26. The van der Waals surface area contributed by atoms with Gasteiger partial charge < -0.3 is 19.5 Å². The van der Waals surface area contributed by atoms with Crippen molar-refractivity contribution in [2.75, 3.05) is 27.4 Å². The van der Waals surface area contributed by atoms with Gasteiger partial charge in [-0.2, -0.15) is 0 Å². The van der Waals surface area contributed by atoms with Crippen molar-refractivity contribution in [1.82, 2.24) is 5.32 Å². The Kier molecular flexibility index (Phi) is 6.67. The zero-order valence-corrected chi connectivity index (χ0v) is 12.5. The highest BCUT2D eigenvalue weighted by Crippen LogP contribution is 2.31. The molecule has 0 aliphatic rings. The molecule has 1 aromatic carbocycles. The lowest BCUT2D eigenvalue weighted by Crippen LogP contribution is -2.32. The van der Waals surface area contributed by atoms with Crippen LogP contribution in [0.5, 0.6) is 11.5 Å². The first-order chi connectivity index (χ1) is 9.17. The maximum Gasteiger partial charge on any atom is 0.124 e. The fraction of sp³-hybridized carbons (Fsp3) is 0.600. The van der Waals surface area contributed by atoms with Crippen LogP contribution in [0.25, 0.3) is 0 Å². The Morgan fingerprint density at radius 3 is 2.42 bits per heavy atom. The first-order valence-corrected chi connectivity index (χ1v) is 6.74. The highest BCUT2D eigenvalue weighted by molar-refractivity contribution is 5.42. The molecule has 0 saturated heterocycles. The summed E-state index contributed by atoms with van der Waals surface area (Å²) in [4.78, 5) is 0. The van der Waals surface area contributed by atoms with Crippen molar-refractivity contribution in [2.24, 2.45) is 0 Å². The smallest absolute Gasteiger partial charge is 0.124 e. The molecule has 0 aliphatic carbocycles. The van der Waals surface area contributed by atoms with Crippen LogP contribution in [0.15, 0.2) is 18.2 Å². The van der Waals surface area contributed by atoms with Gasteiger partial charge in [0.2, 0.25) is 0 Å². The van der Waals surface area contributed by atoms with Crippen LogP contribution in [0.3, 0.4) is 0 Å². The van der Waals surface area contributed by atoms with Crippen LogP contribution < -0.4 is 14.8 Å². The molecule has 0 radical (unpaired) electrons. The van der Waals surface area contributed by atoms with Crippen molar-refractivity contribution in [3.8, 4) is 11.5 Å². The van der Waals surface area contributed by atoms with Gasteiger partial charge in [-0.1, -0.05) is 6.92 Å². The van der Waals surface area contributed by atoms with Crippen molar-refractivity contribution in [3.05, 3.63) is 23.8 Å². The maximum atomic E-state index is 5.73. The normalized spacial score (nSPS) is 13.9. The van der Waals surface area contributed by atoms with E-state index in [1.807, 2.05) is 25.1 Å². The Bertz CT molecular complexity index is 382. The molecule has 0 heterocycles. The lowest BCUT2D eigenvalue weighted by atomic mass is 10.0. The lowest BCUT2D eigenvalue weighted by molar-refractivity contribution is 0.0469. The van der Waals surface area contributed by atoms with E-state index in [2.05, 4.69) is 19.2 Å². The predicted molar refractivity (Wildman–Crippen MR) is 77.1 cm³/mol. The molecule has 0 fully saturated rings. The monoisotopic (exact) mass is 267 g/mol. The quantitative estimate of drug-likeness (QED) is 0.786. The fourth-order valence-electron chi connectivity index (χ4n) is 2.19. The van der Waals surface area contributed by atoms with E-state index in [1.165, 1.54) is 0 Å². The molecule has 1 aromatic rings. The van der Waals surface area contributed by atoms with E-state index < -0.39 is 0 Å². The number of ether oxygens (including phenoxy) is 3. The molecule has 0 saturated carbocycles. The molecule has 4 nitrogen and oxygen atoms in total. The number of hydrogen-bond acceptors (Lipinski definition) is 4. The molecule has 1 rings (SSSR count). The molecule has 0 amide bonds. The van der Waals surface area contributed by atoms with Gasteiger partial charge >= 0.3 is 0 Å². The van der Waals surface area contributed by atoms with Gasteiger partial charge in [-0.25, -0.2) is 0 Å². The highest BCUT2D eigenvalue weighted by atomic mass is 16.5. The standard InChI is InChI=1S/C15H25NO3/c1-6-16-15(11(3)19-7-2)13-10-12(17-4)8-9-14(13)18-5/h8-11,15-16H,6-7H2,1-5H3. The summed E-state index contributed by atoms with van der Waals surface area (Å²) in [5.41, 5.74) is 1.06. The summed E-state index contributed by atoms with van der Waals surface area (Å²) in [7, 11) is 3.35. The Morgan fingerprint density at radius 1 is 1.16 bits per heavy atom. The summed E-state index contributed by atoms with van der Waals surface area (Å²) in [5, 5.41) is 3.45. The van der Waals surface area contributed by atoms with E-state index in [9.17, 15) is 0 Å². The second-order valence-corrected chi connectivity index (χ2v) is 4.30. The first kappa shape index (κ1) is 15.8. The summed E-state index contributed by atoms with van der Waals surface area (Å²) < 4.78 is 16.5. The molecule has 4 heteroatoms. The summed E-state index contributed by atoms with van der Waals surface area (Å²) in [5.74, 6) is 1.67. The van der Waals surface area contributed by atoms with Crippen LogP contribution in [-0.4, -0.2) is 33.5 Å². The predicted octanol–water partition coefficient (Wildman–Crippen LogP) is 2.78. The van der Waals surface area contributed by atoms with Gasteiger partial charge in [0.15, 0.2) is 0 Å². The van der Waals surface area contributed by atoms with Gasteiger partial charge in [0.05, 0.1) is 26.4 Å². The average Bonchev–Trinajstić information content (AvgIpc) is 2.44. The van der Waals surface area contributed by atoms with E-state index in [0.717, 1.165) is 23.6 Å². The summed E-state index contributed by atoms with van der Waals surface area (Å²) >= 11 is 0. The van der Waals surface area contributed by atoms with Gasteiger partial charge in [-0.15, -0.1) is 0 Å². The fourth-order valence-corrected chi connectivity index (χ4v) is 2.19. The first-order valence-electron chi connectivity index (χ1n) is 6.74. The molecule has 108 valence electrons. The summed E-state index contributed by atoms with van der Waals surface area (Å²) in [6, 6.07) is 5.91. The minimum Gasteiger partial charge on any atom is -0.497 e. The Balaban J connectivity index is 3.11. The van der Waals surface area contributed by atoms with Gasteiger partial charge in [-0.05, 0) is 38.6 Å². The van der Waals surface area contributed by atoms with Crippen molar-refractivity contribution in [1.29, 1.82) is 0 Å². The van der Waals surface area contributed by atoms with Gasteiger partial charge in [-0.3, -0.25) is 0 Å². The topological polar surface area (TPSA) is 39.7 Å². The largest absolute Gasteiger partial charge is 0.497 e. The molecule has 0 bridgehead atoms. The van der Waals surface area contributed by atoms with Gasteiger partial charge in [0, 0.05) is 12.2 Å². The van der Waals surface area contributed by atoms with Crippen LogP contribution >= 0.6 is 0 Å². The number of hydrogen-bond donors (Lipinski definition) is 1. The van der Waals surface area contributed by atoms with Crippen molar-refractivity contribution < 1.29 is 14.2 Å². The summed E-state index contributed by atoms with van der Waals surface area (Å²) in [6.45, 7) is 7.70. The molecule has 2 unspecified atom stereocenters. The second kappa shape index (κ2) is 8.02. The molecule has 0 spiro atoms. The number of rotatable bonds is 8. The van der Waals surface area contributed by atoms with Crippen molar-refractivity contribution >= 4 is 0 Å². The average molecular weight is 267 g/mol. The Morgan fingerprint density at radius 2 is 1.89 bits per heavy atom. The second-order valence-electron chi connectivity index (χ2n) is 4.30. The van der Waals surface area contributed by atoms with E-state index >= 15 is 0 Å². The van der Waals surface area contributed by atoms with Crippen LogP contribution in [0.2, 0.25) is 0 Å². The molecule has 0 aliphatic heterocycles. The highest BCUT2D eigenvalue weighted by Gasteiger charge is 2.22. The third-order valence-corrected chi connectivity index (χ3v) is 3.09. The van der Waals surface area contributed by atoms with Gasteiger partial charge in [0.1, 0.15) is 11.5 Å². The van der Waals surface area contributed by atoms with E-state index in [-0.39, 0.29) is 12.1 Å². The minimum absolute atomic E-state index is 0.0611. The molecular weight excluding hydrogens is 242 g/mol. The van der Waals surface area contributed by atoms with Crippen LogP contribution in [0.4, 0.5) is 0 Å². The van der Waals surface area contributed by atoms with E-state index in [1.54, 1.807) is 14.2 Å². The van der Waals surface area contributed by atoms with E-state index in [0.29, 0.717) is 6.61 Å². The SMILES string of the molecule is CCNC(c1cc(OC)ccc1OC)C(C)OCC. The number of likely N-dealkylation sites (N-methyl/N-ethyl adjacent to an activating group) is 1. The van der Waals surface area contributed by atoms with Crippen LogP contribution in [0, 0.1) is 0 Å². The van der Waals surface area contributed by atoms with Crippen molar-refractivity contribution in [3.63, 3.8) is 0 Å². The molecule has 19 heavy (non-hydrogen) atoms. The molecule has 2 atom stereocenters. The van der Waals surface area contributed by atoms with Gasteiger partial charge in [0.25, 0.3) is 0 Å². The molecule has 0 aromatic heterocycles. The number of methoxy groups -OCH3 is 2. The Labute approximate surface area is 116 Å². The number of benzene rings is 1. The van der Waals surface area contributed by atoms with Crippen LogP contribution in [0.1, 0.15) is 32.4 Å². The zero-order chi connectivity index (χ0) is 14.3. The summed E-state index contributed by atoms with van der Waals surface area (Å²) in [6.07, 6.45) is 0.0611. The van der Waals surface area contributed by atoms with E-state index in [4.69, 9.17) is 14.2 Å². The molecular formula is C15H25NO3. The lowest BCUT2D eigenvalue weighted by Gasteiger charge is -2.26. The van der Waals surface area contributed by atoms with Crippen molar-refractivity contribution in [2.45, 2.75) is 32.9 Å². The minimum atomic E-state index is 0.0611. The third kappa shape index (κ3) is 4.11. The number of nitrogens with one attached hydrogen (secondary N) is 1.